The van der Waals surface area contributed by atoms with Crippen molar-refractivity contribution in [3.05, 3.63) is 51.7 Å². The second kappa shape index (κ2) is 5.14. The van der Waals surface area contributed by atoms with Crippen molar-refractivity contribution >= 4 is 32.8 Å². The zero-order chi connectivity index (χ0) is 14.0. The molecule has 4 nitrogen and oxygen atoms in total. The van der Waals surface area contributed by atoms with E-state index in [2.05, 4.69) is 4.72 Å². The number of ketones is 1. The molecule has 0 atom stereocenters. The molecule has 0 saturated heterocycles. The molecule has 0 aliphatic carbocycles. The molecular formula is C13H13NO3S2. The average Bonchev–Trinajstić information content (AvgIpc) is 2.74. The minimum Gasteiger partial charge on any atom is -0.288 e. The molecule has 0 bridgehead atoms. The molecule has 1 heterocycles. The van der Waals surface area contributed by atoms with Gasteiger partial charge in [-0.25, -0.2) is 8.42 Å². The molecule has 1 aromatic heterocycles. The van der Waals surface area contributed by atoms with Gasteiger partial charge in [0, 0.05) is 16.1 Å². The van der Waals surface area contributed by atoms with Crippen LogP contribution in [0, 0.1) is 6.92 Å². The summed E-state index contributed by atoms with van der Waals surface area (Å²) in [7, 11) is -3.29. The van der Waals surface area contributed by atoms with Crippen LogP contribution in [0.15, 0.2) is 36.4 Å². The quantitative estimate of drug-likeness (QED) is 0.882. The fourth-order valence-electron chi connectivity index (χ4n) is 1.60. The summed E-state index contributed by atoms with van der Waals surface area (Å²) in [5, 5.41) is 0. The summed E-state index contributed by atoms with van der Waals surface area (Å²) in [5.41, 5.74) is 0.988. The Balaban J connectivity index is 2.21. The summed E-state index contributed by atoms with van der Waals surface area (Å²) in [6.45, 7) is 1.95. The number of hydrogen-bond acceptors (Lipinski definition) is 4. The van der Waals surface area contributed by atoms with Gasteiger partial charge in [-0.15, -0.1) is 11.3 Å². The topological polar surface area (TPSA) is 63.2 Å². The summed E-state index contributed by atoms with van der Waals surface area (Å²) in [5.74, 6) is -0.0518. The largest absolute Gasteiger partial charge is 0.288 e. The Morgan fingerprint density at radius 1 is 1.11 bits per heavy atom. The lowest BCUT2D eigenvalue weighted by Gasteiger charge is -2.04. The molecule has 0 amide bonds. The minimum atomic E-state index is -3.29. The lowest BCUT2D eigenvalue weighted by molar-refractivity contribution is 0.104. The van der Waals surface area contributed by atoms with E-state index in [0.29, 0.717) is 16.1 Å². The average molecular weight is 295 g/mol. The Labute approximate surface area is 116 Å². The zero-order valence-corrected chi connectivity index (χ0v) is 12.1. The number of carbonyl (C=O) groups is 1. The summed E-state index contributed by atoms with van der Waals surface area (Å²) in [6.07, 6.45) is 1.08. The van der Waals surface area contributed by atoms with Crippen molar-refractivity contribution in [2.24, 2.45) is 0 Å². The van der Waals surface area contributed by atoms with Crippen LogP contribution in [0.5, 0.6) is 0 Å². The van der Waals surface area contributed by atoms with Crippen LogP contribution in [0.25, 0.3) is 0 Å². The number of rotatable bonds is 4. The van der Waals surface area contributed by atoms with Crippen molar-refractivity contribution in [1.82, 2.24) is 0 Å². The maximum Gasteiger partial charge on any atom is 0.229 e. The molecule has 0 radical (unpaired) electrons. The maximum atomic E-state index is 12.1. The van der Waals surface area contributed by atoms with E-state index in [1.54, 1.807) is 30.3 Å². The van der Waals surface area contributed by atoms with Crippen molar-refractivity contribution in [2.45, 2.75) is 6.92 Å². The van der Waals surface area contributed by atoms with Crippen LogP contribution in [-0.4, -0.2) is 20.5 Å². The van der Waals surface area contributed by atoms with Gasteiger partial charge in [-0.3, -0.25) is 9.52 Å². The molecule has 0 fully saturated rings. The van der Waals surface area contributed by atoms with Crippen LogP contribution in [0.3, 0.4) is 0 Å². The summed E-state index contributed by atoms with van der Waals surface area (Å²) >= 11 is 1.44. The van der Waals surface area contributed by atoms with Gasteiger partial charge in [0.15, 0.2) is 0 Å². The highest BCUT2D eigenvalue weighted by molar-refractivity contribution is 7.92. The Morgan fingerprint density at radius 3 is 2.21 bits per heavy atom. The molecule has 19 heavy (non-hydrogen) atoms. The lowest BCUT2D eigenvalue weighted by atomic mass is 10.1. The summed E-state index contributed by atoms with van der Waals surface area (Å²) in [4.78, 5) is 13.9. The van der Waals surface area contributed by atoms with Crippen LogP contribution >= 0.6 is 11.3 Å². The lowest BCUT2D eigenvalue weighted by Crippen LogP contribution is -2.09. The van der Waals surface area contributed by atoms with Crippen LogP contribution < -0.4 is 4.72 Å². The van der Waals surface area contributed by atoms with Gasteiger partial charge in [0.05, 0.1) is 11.1 Å². The van der Waals surface area contributed by atoms with Crippen molar-refractivity contribution < 1.29 is 13.2 Å². The zero-order valence-electron chi connectivity index (χ0n) is 10.5. The molecular weight excluding hydrogens is 282 g/mol. The van der Waals surface area contributed by atoms with Crippen molar-refractivity contribution in [3.63, 3.8) is 0 Å². The number of aryl methyl sites for hydroxylation is 1. The van der Waals surface area contributed by atoms with E-state index in [4.69, 9.17) is 0 Å². The number of thiophene rings is 1. The van der Waals surface area contributed by atoms with E-state index in [1.807, 2.05) is 13.0 Å². The van der Waals surface area contributed by atoms with Crippen molar-refractivity contribution in [1.29, 1.82) is 0 Å². The molecule has 0 spiro atoms. The van der Waals surface area contributed by atoms with Crippen molar-refractivity contribution in [2.75, 3.05) is 11.0 Å². The number of sulfonamides is 1. The summed E-state index contributed by atoms with van der Waals surface area (Å²) < 4.78 is 24.5. The smallest absolute Gasteiger partial charge is 0.229 e. The Kier molecular flexibility index (Phi) is 3.73. The van der Waals surface area contributed by atoms with Gasteiger partial charge < -0.3 is 0 Å². The number of anilines is 1. The van der Waals surface area contributed by atoms with E-state index < -0.39 is 10.0 Å². The minimum absolute atomic E-state index is 0.0518. The van der Waals surface area contributed by atoms with Crippen LogP contribution in [-0.2, 0) is 10.0 Å². The second-order valence-corrected chi connectivity index (χ2v) is 7.23. The van der Waals surface area contributed by atoms with Crippen LogP contribution in [0.2, 0.25) is 0 Å². The fourth-order valence-corrected chi connectivity index (χ4v) is 3.00. The number of nitrogens with one attached hydrogen (secondary N) is 1. The first kappa shape index (κ1) is 13.8. The maximum absolute atomic E-state index is 12.1. The first-order valence-corrected chi connectivity index (χ1v) is 8.25. The van der Waals surface area contributed by atoms with Gasteiger partial charge in [-0.2, -0.15) is 0 Å². The third-order valence-corrected chi connectivity index (χ3v) is 4.02. The normalized spacial score (nSPS) is 11.3. The highest BCUT2D eigenvalue weighted by Crippen LogP contribution is 2.20. The van der Waals surface area contributed by atoms with Crippen LogP contribution in [0.1, 0.15) is 20.1 Å². The third-order valence-electron chi connectivity index (χ3n) is 2.41. The molecule has 6 heteroatoms. The van der Waals surface area contributed by atoms with Gasteiger partial charge in [0.1, 0.15) is 0 Å². The molecule has 0 aliphatic rings. The molecule has 0 unspecified atom stereocenters. The fraction of sp³-hybridized carbons (Fsp3) is 0.154. The molecule has 2 aromatic rings. The number of hydrogen-bond donors (Lipinski definition) is 1. The van der Waals surface area contributed by atoms with E-state index in [1.165, 1.54) is 11.3 Å². The van der Waals surface area contributed by atoms with Gasteiger partial charge in [-0.1, -0.05) is 0 Å². The van der Waals surface area contributed by atoms with E-state index in [-0.39, 0.29) is 5.78 Å². The van der Waals surface area contributed by atoms with Gasteiger partial charge >= 0.3 is 0 Å². The SMILES string of the molecule is Cc1ccc(C(=O)c2ccc(NS(C)(=O)=O)cc2)s1. The molecule has 0 aliphatic heterocycles. The van der Waals surface area contributed by atoms with E-state index in [9.17, 15) is 13.2 Å². The first-order chi connectivity index (χ1) is 8.85. The van der Waals surface area contributed by atoms with E-state index >= 15 is 0 Å². The summed E-state index contributed by atoms with van der Waals surface area (Å²) in [6, 6.07) is 10.1. The van der Waals surface area contributed by atoms with Gasteiger partial charge in [0.25, 0.3) is 0 Å². The Bertz CT molecular complexity index is 700. The number of carbonyl (C=O) groups excluding carboxylic acids is 1. The second-order valence-electron chi connectivity index (χ2n) is 4.19. The molecule has 2 rings (SSSR count). The highest BCUT2D eigenvalue weighted by Gasteiger charge is 2.11. The monoisotopic (exact) mass is 295 g/mol. The third kappa shape index (κ3) is 3.65. The van der Waals surface area contributed by atoms with Gasteiger partial charge in [0.2, 0.25) is 15.8 Å². The standard InChI is InChI=1S/C13H13NO3S2/c1-9-3-8-12(18-9)13(15)10-4-6-11(7-5-10)14-19(2,16)17/h3-8,14H,1-2H3. The first-order valence-electron chi connectivity index (χ1n) is 5.54. The predicted octanol–water partition coefficient (Wildman–Crippen LogP) is 2.66. The Morgan fingerprint density at radius 2 is 1.74 bits per heavy atom. The predicted molar refractivity (Wildman–Crippen MR) is 77.4 cm³/mol. The molecule has 1 aromatic carbocycles. The number of benzene rings is 1. The highest BCUT2D eigenvalue weighted by atomic mass is 32.2. The van der Waals surface area contributed by atoms with Gasteiger partial charge in [-0.05, 0) is 43.3 Å². The molecule has 100 valence electrons. The Hall–Kier alpha value is -1.66. The van der Waals surface area contributed by atoms with E-state index in [0.717, 1.165) is 11.1 Å². The molecule has 0 saturated carbocycles. The van der Waals surface area contributed by atoms with Crippen LogP contribution in [0.4, 0.5) is 5.69 Å². The van der Waals surface area contributed by atoms with Crippen molar-refractivity contribution in [3.8, 4) is 0 Å². The molecule has 1 N–H and O–H groups in total.